The molecule has 4 rings (SSSR count). The fraction of sp³-hybridized carbons (Fsp3) is 0.333. The van der Waals surface area contributed by atoms with Crippen molar-refractivity contribution >= 4 is 38.3 Å². The number of carbonyl (C=O) groups is 1. The Balaban J connectivity index is 1.38. The first kappa shape index (κ1) is 19.3. The van der Waals surface area contributed by atoms with Gasteiger partial charge in [-0.25, -0.2) is 4.98 Å². The monoisotopic (exact) mass is 410 g/mol. The van der Waals surface area contributed by atoms with Crippen molar-refractivity contribution < 1.29 is 9.72 Å². The molecule has 0 spiro atoms. The highest BCUT2D eigenvalue weighted by Crippen LogP contribution is 2.32. The number of amides is 1. The van der Waals surface area contributed by atoms with E-state index in [9.17, 15) is 14.9 Å². The molecule has 2 aromatic carbocycles. The van der Waals surface area contributed by atoms with Crippen molar-refractivity contribution in [2.24, 2.45) is 0 Å². The number of piperazine rings is 1. The summed E-state index contributed by atoms with van der Waals surface area (Å²) in [7, 11) is 0. The number of nitro groups is 1. The number of benzene rings is 2. The summed E-state index contributed by atoms with van der Waals surface area (Å²) in [4.78, 5) is 31.9. The Morgan fingerprint density at radius 3 is 2.45 bits per heavy atom. The van der Waals surface area contributed by atoms with E-state index < -0.39 is 4.92 Å². The van der Waals surface area contributed by atoms with Crippen molar-refractivity contribution in [3.8, 4) is 0 Å². The van der Waals surface area contributed by atoms with Gasteiger partial charge in [-0.3, -0.25) is 14.9 Å². The van der Waals surface area contributed by atoms with Crippen molar-refractivity contribution in [3.63, 3.8) is 0 Å². The van der Waals surface area contributed by atoms with Crippen LogP contribution in [0.2, 0.25) is 0 Å². The predicted octanol–water partition coefficient (Wildman–Crippen LogP) is 3.71. The highest BCUT2D eigenvalue weighted by atomic mass is 32.1. The summed E-state index contributed by atoms with van der Waals surface area (Å²) in [5, 5.41) is 11.8. The molecule has 1 aromatic heterocycles. The number of anilines is 1. The molecule has 0 N–H and O–H groups in total. The van der Waals surface area contributed by atoms with Gasteiger partial charge >= 0.3 is 0 Å². The van der Waals surface area contributed by atoms with Crippen LogP contribution in [0.3, 0.4) is 0 Å². The van der Waals surface area contributed by atoms with E-state index in [1.54, 1.807) is 23.5 Å². The zero-order valence-electron chi connectivity index (χ0n) is 16.4. The lowest BCUT2D eigenvalue weighted by atomic mass is 10.1. The molecule has 3 aromatic rings. The first-order valence-corrected chi connectivity index (χ1v) is 10.4. The SMILES string of the molecule is Cc1ccc2sc(N3CCN(C(=O)Cc4ccc([N+](=O)[O-])cc4)CC3)nc2c1C. The van der Waals surface area contributed by atoms with Crippen LogP contribution in [0.5, 0.6) is 0 Å². The Morgan fingerprint density at radius 2 is 1.79 bits per heavy atom. The lowest BCUT2D eigenvalue weighted by molar-refractivity contribution is -0.384. The van der Waals surface area contributed by atoms with E-state index in [0.29, 0.717) is 13.1 Å². The van der Waals surface area contributed by atoms with Crippen LogP contribution < -0.4 is 4.90 Å². The first-order chi connectivity index (χ1) is 13.9. The molecule has 0 bridgehead atoms. The highest BCUT2D eigenvalue weighted by molar-refractivity contribution is 7.22. The summed E-state index contributed by atoms with van der Waals surface area (Å²) in [6.45, 7) is 7.02. The number of rotatable bonds is 4. The quantitative estimate of drug-likeness (QED) is 0.484. The second kappa shape index (κ2) is 7.79. The van der Waals surface area contributed by atoms with Crippen LogP contribution in [0.1, 0.15) is 16.7 Å². The third-order valence-electron chi connectivity index (χ3n) is 5.48. The number of hydrogen-bond acceptors (Lipinski definition) is 6. The van der Waals surface area contributed by atoms with Crippen molar-refractivity contribution in [2.75, 3.05) is 31.1 Å². The molecule has 1 amide bonds. The zero-order chi connectivity index (χ0) is 20.5. The minimum absolute atomic E-state index is 0.0380. The molecule has 8 heteroatoms. The summed E-state index contributed by atoms with van der Waals surface area (Å²) >= 11 is 1.70. The molecule has 0 radical (unpaired) electrons. The molecule has 29 heavy (non-hydrogen) atoms. The molecular formula is C21H22N4O3S. The van der Waals surface area contributed by atoms with E-state index in [2.05, 4.69) is 30.9 Å². The number of fused-ring (bicyclic) bond motifs is 1. The Bertz CT molecular complexity index is 1070. The van der Waals surface area contributed by atoms with Gasteiger partial charge in [0, 0.05) is 38.3 Å². The number of thiazole rings is 1. The molecule has 0 saturated carbocycles. The van der Waals surface area contributed by atoms with Gasteiger partial charge in [-0.05, 0) is 36.6 Å². The lowest BCUT2D eigenvalue weighted by Crippen LogP contribution is -2.49. The summed E-state index contributed by atoms with van der Waals surface area (Å²) < 4.78 is 1.19. The number of carbonyl (C=O) groups excluding carboxylic acids is 1. The van der Waals surface area contributed by atoms with E-state index in [4.69, 9.17) is 4.98 Å². The first-order valence-electron chi connectivity index (χ1n) is 9.55. The van der Waals surface area contributed by atoms with Crippen molar-refractivity contribution in [1.82, 2.24) is 9.88 Å². The number of aromatic nitrogens is 1. The minimum Gasteiger partial charge on any atom is -0.345 e. The van der Waals surface area contributed by atoms with Gasteiger partial charge in [0.05, 0.1) is 21.6 Å². The van der Waals surface area contributed by atoms with Gasteiger partial charge in [-0.2, -0.15) is 0 Å². The van der Waals surface area contributed by atoms with Crippen LogP contribution in [0.15, 0.2) is 36.4 Å². The molecular weight excluding hydrogens is 388 g/mol. The Labute approximate surface area is 172 Å². The van der Waals surface area contributed by atoms with E-state index in [1.165, 1.54) is 28.0 Å². The molecule has 0 atom stereocenters. The minimum atomic E-state index is -0.435. The van der Waals surface area contributed by atoms with Crippen LogP contribution >= 0.6 is 11.3 Å². The van der Waals surface area contributed by atoms with E-state index in [1.807, 2.05) is 4.90 Å². The Hall–Kier alpha value is -3.00. The molecule has 1 saturated heterocycles. The fourth-order valence-electron chi connectivity index (χ4n) is 3.52. The lowest BCUT2D eigenvalue weighted by Gasteiger charge is -2.34. The molecule has 0 unspecified atom stereocenters. The second-order valence-electron chi connectivity index (χ2n) is 7.32. The maximum Gasteiger partial charge on any atom is 0.269 e. The molecule has 7 nitrogen and oxygen atoms in total. The number of nitro benzene ring substituents is 1. The van der Waals surface area contributed by atoms with Crippen LogP contribution in [0, 0.1) is 24.0 Å². The molecule has 150 valence electrons. The van der Waals surface area contributed by atoms with Crippen LogP contribution in [-0.4, -0.2) is 46.9 Å². The van der Waals surface area contributed by atoms with Gasteiger partial charge in [-0.15, -0.1) is 0 Å². The molecule has 1 aliphatic heterocycles. The van der Waals surface area contributed by atoms with Gasteiger partial charge in [0.2, 0.25) is 5.91 Å². The van der Waals surface area contributed by atoms with Gasteiger partial charge in [0.15, 0.2) is 5.13 Å². The summed E-state index contributed by atoms with van der Waals surface area (Å²) in [5.74, 6) is 0.0503. The van der Waals surface area contributed by atoms with Crippen LogP contribution in [-0.2, 0) is 11.2 Å². The predicted molar refractivity (Wildman–Crippen MR) is 115 cm³/mol. The van der Waals surface area contributed by atoms with Crippen molar-refractivity contribution in [3.05, 3.63) is 63.2 Å². The van der Waals surface area contributed by atoms with E-state index in [0.717, 1.165) is 29.3 Å². The molecule has 2 heterocycles. The average molecular weight is 410 g/mol. The smallest absolute Gasteiger partial charge is 0.269 e. The summed E-state index contributed by atoms with van der Waals surface area (Å²) in [6.07, 6.45) is 0.262. The highest BCUT2D eigenvalue weighted by Gasteiger charge is 2.23. The van der Waals surface area contributed by atoms with Gasteiger partial charge < -0.3 is 9.80 Å². The summed E-state index contributed by atoms with van der Waals surface area (Å²) in [5.41, 5.74) is 4.37. The zero-order valence-corrected chi connectivity index (χ0v) is 17.2. The number of nitrogens with zero attached hydrogens (tertiary/aromatic N) is 4. The van der Waals surface area contributed by atoms with Gasteiger partial charge in [0.1, 0.15) is 0 Å². The number of hydrogen-bond donors (Lipinski definition) is 0. The molecule has 0 aliphatic carbocycles. The van der Waals surface area contributed by atoms with Crippen LogP contribution in [0.25, 0.3) is 10.2 Å². The van der Waals surface area contributed by atoms with E-state index in [-0.39, 0.29) is 18.0 Å². The standard InChI is InChI=1S/C21H22N4O3S/c1-14-3-8-18-20(15(14)2)22-21(29-18)24-11-9-23(10-12-24)19(26)13-16-4-6-17(7-5-16)25(27)28/h3-8H,9-13H2,1-2H3. The second-order valence-corrected chi connectivity index (χ2v) is 8.33. The fourth-order valence-corrected chi connectivity index (χ4v) is 4.60. The number of aryl methyl sites for hydroxylation is 2. The maximum atomic E-state index is 12.6. The Morgan fingerprint density at radius 1 is 1.10 bits per heavy atom. The Kier molecular flexibility index (Phi) is 5.19. The van der Waals surface area contributed by atoms with Crippen LogP contribution in [0.4, 0.5) is 10.8 Å². The topological polar surface area (TPSA) is 79.6 Å². The van der Waals surface area contributed by atoms with Crippen molar-refractivity contribution in [1.29, 1.82) is 0 Å². The maximum absolute atomic E-state index is 12.6. The van der Waals surface area contributed by atoms with Crippen molar-refractivity contribution in [2.45, 2.75) is 20.3 Å². The molecule has 1 aliphatic rings. The van der Waals surface area contributed by atoms with E-state index >= 15 is 0 Å². The number of non-ortho nitro benzene ring substituents is 1. The third-order valence-corrected chi connectivity index (χ3v) is 6.56. The van der Waals surface area contributed by atoms with Gasteiger partial charge in [-0.1, -0.05) is 29.5 Å². The molecule has 1 fully saturated rings. The third kappa shape index (κ3) is 3.93. The normalized spacial score (nSPS) is 14.4. The average Bonchev–Trinajstić information content (AvgIpc) is 3.16. The van der Waals surface area contributed by atoms with Gasteiger partial charge in [0.25, 0.3) is 5.69 Å². The largest absolute Gasteiger partial charge is 0.345 e. The summed E-state index contributed by atoms with van der Waals surface area (Å²) in [6, 6.07) is 10.4.